The van der Waals surface area contributed by atoms with Crippen molar-refractivity contribution in [2.24, 2.45) is 11.8 Å². The van der Waals surface area contributed by atoms with E-state index in [-0.39, 0.29) is 26.5 Å². The molecule has 7 rings (SSSR count). The van der Waals surface area contributed by atoms with Gasteiger partial charge in [-0.3, -0.25) is 4.68 Å². The van der Waals surface area contributed by atoms with Crippen molar-refractivity contribution < 1.29 is 25.8 Å². The Labute approximate surface area is 324 Å². The van der Waals surface area contributed by atoms with E-state index in [1.165, 1.54) is 34.4 Å². The fourth-order valence-electron chi connectivity index (χ4n) is 7.94. The molecule has 1 unspecified atom stereocenters. The van der Waals surface area contributed by atoms with Gasteiger partial charge >= 0.3 is 21.1 Å². The Kier molecular flexibility index (Phi) is 10.8. The number of pyridine rings is 1. The molecule has 52 heavy (non-hydrogen) atoms. The van der Waals surface area contributed by atoms with E-state index in [1.54, 1.807) is 0 Å². The minimum atomic E-state index is -0.115. The fraction of sp³-hybridized carbons (Fsp3) is 0.391. The van der Waals surface area contributed by atoms with Crippen LogP contribution in [0.25, 0.3) is 33.3 Å². The molecule has 1 aliphatic rings. The summed E-state index contributed by atoms with van der Waals surface area (Å²) >= 11 is 0. The zero-order valence-electron chi connectivity index (χ0n) is 32.4. The molecule has 3 aromatic carbocycles. The maximum atomic E-state index is 6.75. The van der Waals surface area contributed by atoms with E-state index in [0.29, 0.717) is 35.2 Å². The van der Waals surface area contributed by atoms with Gasteiger partial charge in [-0.15, -0.1) is 41.3 Å². The summed E-state index contributed by atoms with van der Waals surface area (Å²) in [7, 11) is 0. The Bertz CT molecular complexity index is 2260. The van der Waals surface area contributed by atoms with Crippen molar-refractivity contribution in [2.45, 2.75) is 106 Å². The molecule has 6 aromatic rings. The van der Waals surface area contributed by atoms with Gasteiger partial charge in [0.25, 0.3) is 0 Å². The first-order valence-electron chi connectivity index (χ1n) is 18.7. The van der Waals surface area contributed by atoms with Gasteiger partial charge in [0.1, 0.15) is 5.82 Å². The van der Waals surface area contributed by atoms with Crippen LogP contribution in [0.1, 0.15) is 115 Å². The Balaban J connectivity index is 0.00000464. The van der Waals surface area contributed by atoms with Crippen LogP contribution < -0.4 is 4.74 Å². The number of rotatable bonds is 8. The van der Waals surface area contributed by atoms with Crippen LogP contribution in [0, 0.1) is 30.9 Å². The van der Waals surface area contributed by atoms with E-state index < -0.39 is 0 Å². The van der Waals surface area contributed by atoms with Gasteiger partial charge in [-0.25, -0.2) is 4.98 Å². The van der Waals surface area contributed by atoms with Crippen LogP contribution >= 0.6 is 0 Å². The number of fused-ring (bicyclic) bond motifs is 3. The van der Waals surface area contributed by atoms with Gasteiger partial charge in [-0.1, -0.05) is 90.8 Å². The van der Waals surface area contributed by atoms with Gasteiger partial charge in [0.15, 0.2) is 0 Å². The van der Waals surface area contributed by atoms with E-state index >= 15 is 0 Å². The van der Waals surface area contributed by atoms with Crippen LogP contribution in [0.5, 0.6) is 11.5 Å². The zero-order valence-corrected chi connectivity index (χ0v) is 34.6. The molecule has 0 aliphatic heterocycles. The number of aryl methyl sites for hydroxylation is 1. The third kappa shape index (κ3) is 7.18. The molecule has 0 amide bonds. The second-order valence-corrected chi connectivity index (χ2v) is 16.4. The summed E-state index contributed by atoms with van der Waals surface area (Å²) in [6.45, 7) is 22.7. The zero-order chi connectivity index (χ0) is 36.2. The molecule has 3 aromatic heterocycles. The number of nitrogens with zero attached hydrogens (tertiary/aromatic N) is 4. The molecule has 0 spiro atoms. The van der Waals surface area contributed by atoms with E-state index in [9.17, 15) is 0 Å². The van der Waals surface area contributed by atoms with Crippen molar-refractivity contribution >= 4 is 21.8 Å². The van der Waals surface area contributed by atoms with Crippen LogP contribution in [0.2, 0.25) is 0 Å². The minimum Gasteiger partial charge on any atom is -0.509 e. The molecule has 0 N–H and O–H groups in total. The third-order valence-corrected chi connectivity index (χ3v) is 10.6. The summed E-state index contributed by atoms with van der Waals surface area (Å²) in [5.74, 6) is 4.00. The number of para-hydroxylation sites is 1. The van der Waals surface area contributed by atoms with Crippen molar-refractivity contribution in [3.63, 3.8) is 0 Å². The first-order chi connectivity index (χ1) is 24.3. The second-order valence-electron chi connectivity index (χ2n) is 16.4. The van der Waals surface area contributed by atoms with Gasteiger partial charge in [-0.05, 0) is 91.1 Å². The Morgan fingerprint density at radius 1 is 0.923 bits per heavy atom. The van der Waals surface area contributed by atoms with Crippen LogP contribution in [0.4, 0.5) is 0 Å². The molecule has 0 bridgehead atoms. The largest absolute Gasteiger partial charge is 2.00 e. The summed E-state index contributed by atoms with van der Waals surface area (Å²) in [4.78, 5) is 4.83. The number of hydrogen-bond acceptors (Lipinski definition) is 3. The van der Waals surface area contributed by atoms with Gasteiger partial charge in [-0.2, -0.15) is 11.2 Å². The molecule has 6 heteroatoms. The van der Waals surface area contributed by atoms with Gasteiger partial charge in [0.05, 0.1) is 5.69 Å². The average molecular weight is 872 g/mol. The summed E-state index contributed by atoms with van der Waals surface area (Å²) in [5.41, 5.74) is 10.5. The summed E-state index contributed by atoms with van der Waals surface area (Å²) in [5, 5.41) is 7.54. The fourth-order valence-corrected chi connectivity index (χ4v) is 7.94. The average Bonchev–Trinajstić information content (AvgIpc) is 3.57. The van der Waals surface area contributed by atoms with Crippen LogP contribution in [-0.4, -0.2) is 19.3 Å². The van der Waals surface area contributed by atoms with E-state index in [2.05, 4.69) is 151 Å². The number of ether oxygens (including phenoxy) is 1. The predicted octanol–water partition coefficient (Wildman–Crippen LogP) is 12.1. The van der Waals surface area contributed by atoms with E-state index in [4.69, 9.17) is 14.8 Å². The molecule has 1 aliphatic carbocycles. The third-order valence-electron chi connectivity index (χ3n) is 10.6. The normalized spacial score (nSPS) is 16.5. The van der Waals surface area contributed by atoms with Crippen LogP contribution in [0.15, 0.2) is 78.5 Å². The van der Waals surface area contributed by atoms with Gasteiger partial charge in [0, 0.05) is 40.4 Å². The molecular formula is C46H52N4OPt. The molecule has 0 saturated carbocycles. The Morgan fingerprint density at radius 2 is 1.69 bits per heavy atom. The maximum Gasteiger partial charge on any atom is 2.00 e. The summed E-state index contributed by atoms with van der Waals surface area (Å²) in [6, 6.07) is 28.6. The molecule has 0 radical (unpaired) electrons. The SMILES string of the molecule is CC1=CCC[C@H](C)C1c1c(C)nn(-c2[c-]c(Oc3[c-]c4c(cc3)c3ccccc3n4-c3cc(C(C)C)ccn3)cc(C(C)(C)C)c2)c1CC(C)C.[Pt+2]. The minimum absolute atomic E-state index is 0. The number of allylic oxidation sites excluding steroid dienone is 2. The van der Waals surface area contributed by atoms with Crippen LogP contribution in [-0.2, 0) is 32.9 Å². The smallest absolute Gasteiger partial charge is 0.509 e. The number of aromatic nitrogens is 4. The van der Waals surface area contributed by atoms with Crippen molar-refractivity contribution in [1.82, 2.24) is 19.3 Å². The van der Waals surface area contributed by atoms with E-state index in [0.717, 1.165) is 51.8 Å². The first-order valence-corrected chi connectivity index (χ1v) is 18.7. The topological polar surface area (TPSA) is 44.9 Å². The molecule has 2 atom stereocenters. The van der Waals surface area contributed by atoms with Crippen molar-refractivity contribution in [1.29, 1.82) is 0 Å². The quantitative estimate of drug-likeness (QED) is 0.113. The van der Waals surface area contributed by atoms with E-state index in [1.807, 2.05) is 12.3 Å². The standard InChI is InChI=1S/C46H52N4O.Pt/c1-28(2)22-42-45(44-30(5)14-13-15-31(44)6)32(7)48-50(42)35-24-34(46(8,9)10)25-37(26-35)51-36-18-19-39-38-16-11-12-17-40(38)49(41(39)27-36)43-23-33(29(3)4)20-21-47-43;/h11-12,14,16-21,23-25,28-29,31,44H,13,15,22H2,1-10H3;/q-2;+2/t31-,44?;/m0./s1. The molecule has 5 nitrogen and oxygen atoms in total. The maximum absolute atomic E-state index is 6.75. The van der Waals surface area contributed by atoms with Crippen molar-refractivity contribution in [3.8, 4) is 23.0 Å². The molecule has 0 fully saturated rings. The Hall–Kier alpha value is -3.95. The molecule has 0 saturated heterocycles. The second kappa shape index (κ2) is 14.8. The van der Waals surface area contributed by atoms with Crippen LogP contribution in [0.3, 0.4) is 0 Å². The Morgan fingerprint density at radius 3 is 2.40 bits per heavy atom. The molecule has 3 heterocycles. The predicted molar refractivity (Wildman–Crippen MR) is 211 cm³/mol. The summed E-state index contributed by atoms with van der Waals surface area (Å²) in [6.07, 6.45) is 7.64. The number of hydrogen-bond donors (Lipinski definition) is 0. The monoisotopic (exact) mass is 871 g/mol. The first kappa shape index (κ1) is 37.8. The van der Waals surface area contributed by atoms with Crippen molar-refractivity contribution in [3.05, 3.63) is 119 Å². The summed E-state index contributed by atoms with van der Waals surface area (Å²) < 4.78 is 11.1. The van der Waals surface area contributed by atoms with Gasteiger partial charge in [0.2, 0.25) is 0 Å². The molecule has 272 valence electrons. The molecular weight excluding hydrogens is 820 g/mol. The number of benzene rings is 3. The van der Waals surface area contributed by atoms with Gasteiger partial charge < -0.3 is 9.30 Å². The van der Waals surface area contributed by atoms with Crippen molar-refractivity contribution in [2.75, 3.05) is 0 Å².